The standard InChI is InChI=1S/C50H95NO8/c1-6-8-10-12-14-16-18-20-21-22-23-24-25-26-27-28-29-31-32-34-36-38-40-47(52)57-44-46(45-58-50(49(54)55)56-43-42-51(3,4)5)59-48(53)41-39-37-35-33-30-19-17-15-13-11-9-7-2/h15,17,46,50H,6-14,16,18-45H2,1-5H3/b17-15-. The van der Waals surface area contributed by atoms with Crippen LogP contribution in [-0.2, 0) is 33.3 Å². The van der Waals surface area contributed by atoms with Crippen LogP contribution in [0.4, 0.5) is 0 Å². The van der Waals surface area contributed by atoms with Gasteiger partial charge in [-0.3, -0.25) is 9.59 Å². The van der Waals surface area contributed by atoms with Crippen molar-refractivity contribution in [2.75, 3.05) is 47.5 Å². The first-order chi connectivity index (χ1) is 28.6. The Morgan fingerprint density at radius 3 is 1.29 bits per heavy atom. The largest absolute Gasteiger partial charge is 0.545 e. The lowest BCUT2D eigenvalue weighted by molar-refractivity contribution is -0.870. The van der Waals surface area contributed by atoms with Crippen LogP contribution in [0, 0.1) is 0 Å². The summed E-state index contributed by atoms with van der Waals surface area (Å²) in [5.74, 6) is -2.28. The van der Waals surface area contributed by atoms with Crippen LogP contribution in [0.5, 0.6) is 0 Å². The number of carboxylic acids is 1. The third kappa shape index (κ3) is 43.9. The van der Waals surface area contributed by atoms with Gasteiger partial charge in [-0.05, 0) is 38.5 Å². The summed E-state index contributed by atoms with van der Waals surface area (Å²) in [5.41, 5.74) is 0. The number of rotatable bonds is 46. The maximum Gasteiger partial charge on any atom is 0.306 e. The zero-order valence-corrected chi connectivity index (χ0v) is 39.4. The van der Waals surface area contributed by atoms with Crippen LogP contribution in [0.15, 0.2) is 12.2 Å². The van der Waals surface area contributed by atoms with Gasteiger partial charge in [0.05, 0.1) is 40.3 Å². The lowest BCUT2D eigenvalue weighted by Gasteiger charge is -2.26. The molecule has 0 N–H and O–H groups in total. The number of aliphatic carboxylic acids is 1. The molecule has 0 saturated heterocycles. The molecule has 0 aliphatic rings. The first kappa shape index (κ1) is 57.0. The Morgan fingerprint density at radius 2 is 0.864 bits per heavy atom. The van der Waals surface area contributed by atoms with Gasteiger partial charge in [-0.2, -0.15) is 0 Å². The summed E-state index contributed by atoms with van der Waals surface area (Å²) in [4.78, 5) is 37.0. The van der Waals surface area contributed by atoms with E-state index >= 15 is 0 Å². The molecular formula is C50H95NO8. The van der Waals surface area contributed by atoms with Crippen LogP contribution in [0.2, 0.25) is 0 Å². The van der Waals surface area contributed by atoms with Gasteiger partial charge in [0, 0.05) is 12.8 Å². The van der Waals surface area contributed by atoms with Gasteiger partial charge in [-0.15, -0.1) is 0 Å². The Hall–Kier alpha value is -1.97. The van der Waals surface area contributed by atoms with Gasteiger partial charge in [-0.1, -0.05) is 193 Å². The molecule has 59 heavy (non-hydrogen) atoms. The Bertz CT molecular complexity index is 980. The Morgan fingerprint density at radius 1 is 0.492 bits per heavy atom. The summed E-state index contributed by atoms with van der Waals surface area (Å²) in [6.45, 7) is 4.74. The van der Waals surface area contributed by atoms with Gasteiger partial charge < -0.3 is 33.3 Å². The lowest BCUT2D eigenvalue weighted by Crippen LogP contribution is -2.44. The molecule has 0 spiro atoms. The van der Waals surface area contributed by atoms with Crippen molar-refractivity contribution in [1.82, 2.24) is 0 Å². The number of carbonyl (C=O) groups excluding carboxylic acids is 3. The predicted octanol–water partition coefficient (Wildman–Crippen LogP) is 12.1. The molecule has 9 heteroatoms. The molecular weight excluding hydrogens is 743 g/mol. The minimum atomic E-state index is -1.62. The number of nitrogens with zero attached hydrogens (tertiary/aromatic N) is 1. The van der Waals surface area contributed by atoms with E-state index in [0.717, 1.165) is 57.8 Å². The quantitative estimate of drug-likeness (QED) is 0.0196. The molecule has 0 fully saturated rings. The second-order valence-corrected chi connectivity index (χ2v) is 18.1. The number of ether oxygens (including phenoxy) is 4. The van der Waals surface area contributed by atoms with Gasteiger partial charge >= 0.3 is 11.9 Å². The van der Waals surface area contributed by atoms with Gasteiger partial charge in [0.15, 0.2) is 12.4 Å². The smallest absolute Gasteiger partial charge is 0.306 e. The van der Waals surface area contributed by atoms with Crippen LogP contribution in [0.1, 0.15) is 232 Å². The molecule has 9 nitrogen and oxygen atoms in total. The first-order valence-corrected chi connectivity index (χ1v) is 24.8. The second-order valence-electron chi connectivity index (χ2n) is 18.1. The topological polar surface area (TPSA) is 111 Å². The summed E-state index contributed by atoms with van der Waals surface area (Å²) in [6, 6.07) is 0. The molecule has 0 aromatic carbocycles. The average Bonchev–Trinajstić information content (AvgIpc) is 3.19. The minimum absolute atomic E-state index is 0.149. The second kappa shape index (κ2) is 42.7. The van der Waals surface area contributed by atoms with Crippen molar-refractivity contribution < 1.29 is 42.9 Å². The summed E-state index contributed by atoms with van der Waals surface area (Å²) >= 11 is 0. The van der Waals surface area contributed by atoms with E-state index in [0.29, 0.717) is 23.9 Å². The van der Waals surface area contributed by atoms with Crippen molar-refractivity contribution in [1.29, 1.82) is 0 Å². The maximum atomic E-state index is 12.7. The highest BCUT2D eigenvalue weighted by atomic mass is 16.7. The predicted molar refractivity (Wildman–Crippen MR) is 242 cm³/mol. The van der Waals surface area contributed by atoms with Crippen LogP contribution in [0.3, 0.4) is 0 Å². The van der Waals surface area contributed by atoms with Gasteiger partial charge in [0.2, 0.25) is 0 Å². The number of esters is 2. The molecule has 0 aromatic rings. The summed E-state index contributed by atoms with van der Waals surface area (Å²) in [7, 11) is 5.91. The van der Waals surface area contributed by atoms with Crippen molar-refractivity contribution in [3.63, 3.8) is 0 Å². The van der Waals surface area contributed by atoms with Crippen LogP contribution in [0.25, 0.3) is 0 Å². The van der Waals surface area contributed by atoms with Gasteiger partial charge in [-0.25, -0.2) is 0 Å². The Kier molecular flexibility index (Phi) is 41.3. The minimum Gasteiger partial charge on any atom is -0.545 e. The molecule has 2 unspecified atom stereocenters. The van der Waals surface area contributed by atoms with E-state index in [1.54, 1.807) is 0 Å². The Balaban J connectivity index is 4.24. The summed E-state index contributed by atoms with van der Waals surface area (Å²) in [6.07, 6.45) is 42.5. The van der Waals surface area contributed by atoms with E-state index in [2.05, 4.69) is 26.0 Å². The third-order valence-corrected chi connectivity index (χ3v) is 11.0. The van der Waals surface area contributed by atoms with Crippen molar-refractivity contribution in [2.45, 2.75) is 245 Å². The molecule has 0 saturated carbocycles. The number of carbonyl (C=O) groups is 3. The van der Waals surface area contributed by atoms with Gasteiger partial charge in [0.25, 0.3) is 0 Å². The van der Waals surface area contributed by atoms with E-state index in [4.69, 9.17) is 18.9 Å². The van der Waals surface area contributed by atoms with E-state index in [-0.39, 0.29) is 32.2 Å². The molecule has 0 amide bonds. The summed E-state index contributed by atoms with van der Waals surface area (Å²) < 4.78 is 22.6. The number of hydrogen-bond acceptors (Lipinski definition) is 8. The molecule has 348 valence electrons. The van der Waals surface area contributed by atoms with E-state index in [1.165, 1.54) is 141 Å². The highest BCUT2D eigenvalue weighted by Gasteiger charge is 2.22. The number of allylic oxidation sites excluding steroid dienone is 2. The zero-order valence-electron chi connectivity index (χ0n) is 39.4. The van der Waals surface area contributed by atoms with Crippen molar-refractivity contribution in [2.24, 2.45) is 0 Å². The zero-order chi connectivity index (χ0) is 43.5. The molecule has 2 atom stereocenters. The van der Waals surface area contributed by atoms with E-state index in [9.17, 15) is 19.5 Å². The van der Waals surface area contributed by atoms with Crippen LogP contribution < -0.4 is 5.11 Å². The lowest BCUT2D eigenvalue weighted by atomic mass is 10.0. The van der Waals surface area contributed by atoms with Gasteiger partial charge in [0.1, 0.15) is 13.2 Å². The molecule has 0 aromatic heterocycles. The monoisotopic (exact) mass is 838 g/mol. The molecule has 0 rings (SSSR count). The maximum absolute atomic E-state index is 12.7. The first-order valence-electron chi connectivity index (χ1n) is 24.8. The highest BCUT2D eigenvalue weighted by molar-refractivity contribution is 5.70. The van der Waals surface area contributed by atoms with Crippen molar-refractivity contribution in [3.8, 4) is 0 Å². The van der Waals surface area contributed by atoms with Crippen molar-refractivity contribution in [3.05, 3.63) is 12.2 Å². The number of quaternary nitrogens is 1. The van der Waals surface area contributed by atoms with Crippen molar-refractivity contribution >= 4 is 17.9 Å². The highest BCUT2D eigenvalue weighted by Crippen LogP contribution is 2.16. The normalized spacial score (nSPS) is 12.9. The third-order valence-electron chi connectivity index (χ3n) is 11.0. The molecule has 0 bridgehead atoms. The van der Waals surface area contributed by atoms with Crippen LogP contribution >= 0.6 is 0 Å². The van der Waals surface area contributed by atoms with E-state index < -0.39 is 24.3 Å². The molecule has 0 aliphatic heterocycles. The number of carboxylic acid groups (broad SMARTS) is 1. The molecule has 0 aliphatic carbocycles. The Labute approximate surface area is 364 Å². The van der Waals surface area contributed by atoms with Crippen LogP contribution in [-0.4, -0.2) is 82.3 Å². The fourth-order valence-electron chi connectivity index (χ4n) is 7.12. The SMILES string of the molecule is CCCCC/C=C\CCCCCCCC(=O)OC(COC(=O)CCCCCCCCCCCCCCCCCCCCCCCC)COC(OCC[N+](C)(C)C)C(=O)[O-]. The number of unbranched alkanes of at least 4 members (excludes halogenated alkanes) is 29. The molecule has 0 heterocycles. The fourth-order valence-corrected chi connectivity index (χ4v) is 7.12. The number of likely N-dealkylation sites (N-methyl/N-ethyl adjacent to an activating group) is 1. The summed E-state index contributed by atoms with van der Waals surface area (Å²) in [5, 5.41) is 11.7. The average molecular weight is 838 g/mol. The van der Waals surface area contributed by atoms with E-state index in [1.807, 2.05) is 21.1 Å². The number of hydrogen-bond donors (Lipinski definition) is 0. The fraction of sp³-hybridized carbons (Fsp3) is 0.900. The molecule has 0 radical (unpaired) electrons.